The van der Waals surface area contributed by atoms with Crippen LogP contribution in [0.5, 0.6) is 0 Å². The Hall–Kier alpha value is -0.870. The second-order valence-corrected chi connectivity index (χ2v) is 2.77. The molecule has 12 heavy (non-hydrogen) atoms. The van der Waals surface area contributed by atoms with Crippen LogP contribution in [0.1, 0.15) is 12.8 Å². The van der Waals surface area contributed by atoms with Crippen molar-refractivity contribution in [3.63, 3.8) is 0 Å². The highest BCUT2D eigenvalue weighted by Gasteiger charge is 2.25. The predicted octanol–water partition coefficient (Wildman–Crippen LogP) is -0.432. The van der Waals surface area contributed by atoms with Gasteiger partial charge in [0, 0.05) is 0 Å². The first kappa shape index (κ1) is 9.22. The summed E-state index contributed by atoms with van der Waals surface area (Å²) in [5.41, 5.74) is 5.03. The number of hydrogen-bond acceptors (Lipinski definition) is 3. The highest BCUT2D eigenvalue weighted by atomic mass is 16.5. The number of amides is 1. The van der Waals surface area contributed by atoms with E-state index in [1.165, 1.54) is 0 Å². The fraction of sp³-hybridized carbons (Fsp3) is 0.625. The lowest BCUT2D eigenvalue weighted by atomic mass is 10.1. The number of aliphatic hydroxyl groups excluding tert-OH is 1. The Morgan fingerprint density at radius 1 is 1.58 bits per heavy atom. The van der Waals surface area contributed by atoms with Crippen molar-refractivity contribution >= 4 is 5.91 Å². The van der Waals surface area contributed by atoms with E-state index in [1.807, 2.05) is 12.2 Å². The molecule has 2 atom stereocenters. The third-order valence-corrected chi connectivity index (χ3v) is 1.80. The minimum absolute atomic E-state index is 0.338. The van der Waals surface area contributed by atoms with Crippen molar-refractivity contribution in [2.75, 3.05) is 6.61 Å². The number of nitrogens with two attached hydrogens (primary N) is 1. The molecule has 68 valence electrons. The predicted molar refractivity (Wildman–Crippen MR) is 43.3 cm³/mol. The molecular formula is C8H13NO3. The Bertz CT molecular complexity index is 191. The second kappa shape index (κ2) is 4.23. The Balaban J connectivity index is 2.58. The van der Waals surface area contributed by atoms with Crippen molar-refractivity contribution in [3.8, 4) is 0 Å². The molecule has 1 aliphatic heterocycles. The highest BCUT2D eigenvalue weighted by Crippen LogP contribution is 2.09. The normalized spacial score (nSPS) is 33.4. The first-order valence-corrected chi connectivity index (χ1v) is 3.96. The number of aliphatic hydroxyl groups is 1. The second-order valence-electron chi connectivity index (χ2n) is 2.77. The summed E-state index contributed by atoms with van der Waals surface area (Å²) in [5.74, 6) is -0.599. The van der Waals surface area contributed by atoms with Gasteiger partial charge in [-0.05, 0) is 12.8 Å². The molecule has 0 aromatic heterocycles. The first-order valence-electron chi connectivity index (χ1n) is 3.96. The fourth-order valence-corrected chi connectivity index (χ4v) is 1.15. The van der Waals surface area contributed by atoms with Gasteiger partial charge in [0.25, 0.3) is 0 Å². The van der Waals surface area contributed by atoms with Crippen LogP contribution in [-0.4, -0.2) is 29.8 Å². The monoisotopic (exact) mass is 171 g/mol. The summed E-state index contributed by atoms with van der Waals surface area (Å²) in [4.78, 5) is 10.7. The molecule has 0 aliphatic carbocycles. The molecule has 4 nitrogen and oxygen atoms in total. The number of allylic oxidation sites excluding steroid dienone is 1. The zero-order chi connectivity index (χ0) is 8.97. The van der Waals surface area contributed by atoms with Crippen LogP contribution in [0.4, 0.5) is 0 Å². The maximum atomic E-state index is 10.7. The van der Waals surface area contributed by atoms with E-state index in [1.54, 1.807) is 0 Å². The van der Waals surface area contributed by atoms with Gasteiger partial charge in [-0.1, -0.05) is 12.2 Å². The van der Waals surface area contributed by atoms with Crippen LogP contribution in [-0.2, 0) is 9.53 Å². The van der Waals surface area contributed by atoms with Crippen LogP contribution in [0.2, 0.25) is 0 Å². The van der Waals surface area contributed by atoms with Gasteiger partial charge in [0.2, 0.25) is 5.91 Å². The molecule has 0 aromatic rings. The van der Waals surface area contributed by atoms with E-state index in [0.29, 0.717) is 13.0 Å². The van der Waals surface area contributed by atoms with Crippen molar-refractivity contribution in [2.24, 2.45) is 5.73 Å². The average Bonchev–Trinajstić information content (AvgIpc) is 1.96. The van der Waals surface area contributed by atoms with Gasteiger partial charge in [0.1, 0.15) is 0 Å². The van der Waals surface area contributed by atoms with Crippen molar-refractivity contribution in [2.45, 2.75) is 25.0 Å². The lowest BCUT2D eigenvalue weighted by Crippen LogP contribution is -2.41. The van der Waals surface area contributed by atoms with Crippen LogP contribution >= 0.6 is 0 Å². The van der Waals surface area contributed by atoms with Gasteiger partial charge in [-0.25, -0.2) is 0 Å². The maximum absolute atomic E-state index is 10.7. The first-order chi connectivity index (χ1) is 5.72. The molecule has 0 spiro atoms. The molecule has 1 heterocycles. The summed E-state index contributed by atoms with van der Waals surface area (Å²) >= 11 is 0. The van der Waals surface area contributed by atoms with E-state index in [2.05, 4.69) is 0 Å². The lowest BCUT2D eigenvalue weighted by molar-refractivity contribution is -0.136. The topological polar surface area (TPSA) is 72.6 Å². The summed E-state index contributed by atoms with van der Waals surface area (Å²) in [5, 5.41) is 9.38. The summed E-state index contributed by atoms with van der Waals surface area (Å²) in [6.07, 6.45) is 3.39. The Labute approximate surface area is 71.0 Å². The third kappa shape index (κ3) is 2.32. The zero-order valence-electron chi connectivity index (χ0n) is 6.77. The van der Waals surface area contributed by atoms with Crippen LogP contribution < -0.4 is 5.73 Å². The molecule has 0 bridgehead atoms. The molecule has 1 rings (SSSR count). The molecule has 0 fully saturated rings. The number of primary amides is 1. The standard InChI is InChI=1S/C8H13NO3/c9-8(11)7-6(10)4-2-1-3-5-12-7/h1,3,6-7,10H,2,4-5H2,(H2,9,11)/b3-1-. The summed E-state index contributed by atoms with van der Waals surface area (Å²) in [6, 6.07) is 0. The van der Waals surface area contributed by atoms with Gasteiger partial charge in [0.05, 0.1) is 12.7 Å². The Morgan fingerprint density at radius 2 is 2.33 bits per heavy atom. The van der Waals surface area contributed by atoms with Gasteiger partial charge >= 0.3 is 0 Å². The summed E-state index contributed by atoms with van der Waals surface area (Å²) < 4.78 is 5.05. The number of carbonyl (C=O) groups is 1. The number of ether oxygens (including phenoxy) is 1. The van der Waals surface area contributed by atoms with E-state index >= 15 is 0 Å². The largest absolute Gasteiger partial charge is 0.390 e. The minimum atomic E-state index is -0.852. The van der Waals surface area contributed by atoms with Crippen LogP contribution in [0.25, 0.3) is 0 Å². The average molecular weight is 171 g/mol. The molecule has 0 saturated carbocycles. The molecule has 1 amide bonds. The quantitative estimate of drug-likeness (QED) is 0.526. The third-order valence-electron chi connectivity index (χ3n) is 1.80. The lowest BCUT2D eigenvalue weighted by Gasteiger charge is -2.20. The van der Waals surface area contributed by atoms with Crippen molar-refractivity contribution in [3.05, 3.63) is 12.2 Å². The minimum Gasteiger partial charge on any atom is -0.390 e. The van der Waals surface area contributed by atoms with Crippen LogP contribution in [0, 0.1) is 0 Å². The molecular weight excluding hydrogens is 158 g/mol. The molecule has 0 aromatic carbocycles. The molecule has 4 heteroatoms. The van der Waals surface area contributed by atoms with E-state index in [-0.39, 0.29) is 0 Å². The molecule has 1 aliphatic rings. The van der Waals surface area contributed by atoms with Crippen LogP contribution in [0.3, 0.4) is 0 Å². The number of rotatable bonds is 1. The van der Waals surface area contributed by atoms with Gasteiger partial charge < -0.3 is 15.6 Å². The van der Waals surface area contributed by atoms with Gasteiger partial charge in [0.15, 0.2) is 6.10 Å². The van der Waals surface area contributed by atoms with Gasteiger partial charge in [-0.3, -0.25) is 4.79 Å². The zero-order valence-corrected chi connectivity index (χ0v) is 6.77. The number of hydrogen-bond donors (Lipinski definition) is 2. The Morgan fingerprint density at radius 3 is 3.00 bits per heavy atom. The van der Waals surface area contributed by atoms with Gasteiger partial charge in [-0.15, -0.1) is 0 Å². The summed E-state index contributed by atoms with van der Waals surface area (Å²) in [7, 11) is 0. The number of carbonyl (C=O) groups excluding carboxylic acids is 1. The van der Waals surface area contributed by atoms with Gasteiger partial charge in [-0.2, -0.15) is 0 Å². The van der Waals surface area contributed by atoms with Crippen LogP contribution in [0.15, 0.2) is 12.2 Å². The van der Waals surface area contributed by atoms with E-state index < -0.39 is 18.1 Å². The Kier molecular flexibility index (Phi) is 3.25. The molecule has 0 saturated heterocycles. The fourth-order valence-electron chi connectivity index (χ4n) is 1.15. The smallest absolute Gasteiger partial charge is 0.249 e. The van der Waals surface area contributed by atoms with Crippen molar-refractivity contribution in [1.29, 1.82) is 0 Å². The highest BCUT2D eigenvalue weighted by molar-refractivity contribution is 5.79. The molecule has 0 radical (unpaired) electrons. The van der Waals surface area contributed by atoms with Crippen molar-refractivity contribution in [1.82, 2.24) is 0 Å². The van der Waals surface area contributed by atoms with E-state index in [0.717, 1.165) is 6.42 Å². The van der Waals surface area contributed by atoms with E-state index in [9.17, 15) is 9.90 Å². The maximum Gasteiger partial charge on any atom is 0.249 e. The molecule has 2 unspecified atom stereocenters. The van der Waals surface area contributed by atoms with Crippen molar-refractivity contribution < 1.29 is 14.6 Å². The van der Waals surface area contributed by atoms with E-state index in [4.69, 9.17) is 10.5 Å². The SMILES string of the molecule is NC(=O)C1OC/C=C\CCC1O. The summed E-state index contributed by atoms with van der Waals surface area (Å²) in [6.45, 7) is 0.338. The molecule has 3 N–H and O–H groups in total.